The van der Waals surface area contributed by atoms with Gasteiger partial charge in [0.05, 0.1) is 0 Å². The van der Waals surface area contributed by atoms with Gasteiger partial charge in [0, 0.05) is 0 Å². The number of fused-ring (bicyclic) bond motifs is 2. The lowest BCUT2D eigenvalue weighted by molar-refractivity contribution is -0.0588. The lowest BCUT2D eigenvalue weighted by Gasteiger charge is -2.55. The highest BCUT2D eigenvalue weighted by Gasteiger charge is 2.51. The van der Waals surface area contributed by atoms with Crippen LogP contribution in [0, 0.1) is 39.9 Å². The molecule has 0 amide bonds. The van der Waals surface area contributed by atoms with E-state index in [0.29, 0.717) is 16.2 Å². The van der Waals surface area contributed by atoms with E-state index in [4.69, 9.17) is 0 Å². The van der Waals surface area contributed by atoms with E-state index in [1.54, 1.807) is 0 Å². The molecule has 3 rings (SSSR count). The molecule has 0 aromatic rings. The summed E-state index contributed by atoms with van der Waals surface area (Å²) in [4.78, 5) is 0. The van der Waals surface area contributed by atoms with E-state index in [1.807, 2.05) is 5.57 Å². The minimum absolute atomic E-state index is 0.419. The maximum atomic E-state index is 2.71. The molecule has 132 valence electrons. The molecule has 0 saturated heterocycles. The molecule has 0 aliphatic heterocycles. The Bertz CT molecular complexity index is 479. The predicted molar refractivity (Wildman–Crippen MR) is 101 cm³/mol. The topological polar surface area (TPSA) is 0 Å². The zero-order valence-corrected chi connectivity index (χ0v) is 16.8. The molecule has 3 unspecified atom stereocenters. The fraction of sp³-hybridized carbons (Fsp3) is 0.913. The third kappa shape index (κ3) is 2.83. The van der Waals surface area contributed by atoms with Crippen LogP contribution in [0.5, 0.6) is 0 Å². The highest BCUT2D eigenvalue weighted by Crippen LogP contribution is 2.61. The van der Waals surface area contributed by atoms with Crippen molar-refractivity contribution in [2.75, 3.05) is 0 Å². The Labute approximate surface area is 145 Å². The summed E-state index contributed by atoms with van der Waals surface area (Å²) in [6.45, 7) is 17.6. The highest BCUT2D eigenvalue weighted by atomic mass is 14.6. The third-order valence-electron chi connectivity index (χ3n) is 8.88. The van der Waals surface area contributed by atoms with Crippen molar-refractivity contribution >= 4 is 0 Å². The molecule has 0 aromatic heterocycles. The quantitative estimate of drug-likeness (QED) is 0.413. The van der Waals surface area contributed by atoms with Crippen molar-refractivity contribution in [3.63, 3.8) is 0 Å². The molecule has 6 atom stereocenters. The summed E-state index contributed by atoms with van der Waals surface area (Å²) < 4.78 is 0. The van der Waals surface area contributed by atoms with Gasteiger partial charge in [0.25, 0.3) is 0 Å². The molecular weight excluding hydrogens is 276 g/mol. The zero-order chi connectivity index (χ0) is 17.0. The lowest BCUT2D eigenvalue weighted by Crippen LogP contribution is -2.47. The number of hydrogen-bond acceptors (Lipinski definition) is 0. The molecule has 23 heavy (non-hydrogen) atoms. The van der Waals surface area contributed by atoms with Crippen LogP contribution < -0.4 is 0 Å². The highest BCUT2D eigenvalue weighted by molar-refractivity contribution is 5.20. The molecule has 0 N–H and O–H groups in total. The second kappa shape index (κ2) is 5.63. The van der Waals surface area contributed by atoms with Gasteiger partial charge in [-0.25, -0.2) is 0 Å². The fourth-order valence-electron chi connectivity index (χ4n) is 6.39. The van der Waals surface area contributed by atoms with Crippen LogP contribution in [-0.2, 0) is 0 Å². The normalized spacial score (nSPS) is 48.0. The first-order valence-corrected chi connectivity index (χ1v) is 10.3. The van der Waals surface area contributed by atoms with Gasteiger partial charge in [-0.1, -0.05) is 60.1 Å². The predicted octanol–water partition coefficient (Wildman–Crippen LogP) is 7.25. The van der Waals surface area contributed by atoms with E-state index in [-0.39, 0.29) is 0 Å². The van der Waals surface area contributed by atoms with Crippen LogP contribution in [0.15, 0.2) is 11.6 Å². The molecule has 2 saturated carbocycles. The van der Waals surface area contributed by atoms with E-state index in [1.165, 1.54) is 44.9 Å². The van der Waals surface area contributed by atoms with Gasteiger partial charge >= 0.3 is 0 Å². The summed E-state index contributed by atoms with van der Waals surface area (Å²) in [6.07, 6.45) is 12.7. The van der Waals surface area contributed by atoms with Gasteiger partial charge in [0.2, 0.25) is 0 Å². The Morgan fingerprint density at radius 2 is 1.74 bits per heavy atom. The monoisotopic (exact) mass is 316 g/mol. The van der Waals surface area contributed by atoms with Crippen molar-refractivity contribution in [2.24, 2.45) is 39.9 Å². The molecule has 0 heteroatoms. The van der Waals surface area contributed by atoms with E-state index in [0.717, 1.165) is 23.7 Å². The Morgan fingerprint density at radius 1 is 1.04 bits per heavy atom. The molecular formula is C23H40. The standard InChI is InChI=1S/C23H40/c1-16-10-12-22(6)15-18-11-13-23(7,21(3,4)5)17(2)20(18)9-8-19(22)14-16/h8,16-18,20H,9-15H2,1-7H3/t16-,17?,18?,20?,22+,23-/m0/s1. The van der Waals surface area contributed by atoms with Crippen LogP contribution in [0.2, 0.25) is 0 Å². The maximum Gasteiger partial charge on any atom is -0.0113 e. The number of allylic oxidation sites excluding steroid dienone is 2. The summed E-state index contributed by atoms with van der Waals surface area (Å²) in [6, 6.07) is 0. The fourth-order valence-corrected chi connectivity index (χ4v) is 6.39. The minimum atomic E-state index is 0.419. The van der Waals surface area contributed by atoms with Crippen molar-refractivity contribution in [2.45, 2.75) is 93.4 Å². The van der Waals surface area contributed by atoms with E-state index < -0.39 is 0 Å². The SMILES string of the molecule is CC1C2CC=C3C[C@@H](C)CC[C@]3(C)CC2CC[C@]1(C)C(C)(C)C. The molecule has 0 nitrogen and oxygen atoms in total. The molecule has 0 radical (unpaired) electrons. The average Bonchev–Trinajstić information content (AvgIpc) is 2.59. The second-order valence-corrected chi connectivity index (χ2v) is 11.0. The molecule has 0 bridgehead atoms. The molecule has 0 heterocycles. The van der Waals surface area contributed by atoms with Crippen molar-refractivity contribution < 1.29 is 0 Å². The van der Waals surface area contributed by atoms with Gasteiger partial charge in [0.15, 0.2) is 0 Å². The van der Waals surface area contributed by atoms with Gasteiger partial charge in [0.1, 0.15) is 0 Å². The van der Waals surface area contributed by atoms with Gasteiger partial charge in [-0.2, -0.15) is 0 Å². The lowest BCUT2D eigenvalue weighted by atomic mass is 9.49. The zero-order valence-electron chi connectivity index (χ0n) is 16.8. The first-order valence-electron chi connectivity index (χ1n) is 10.3. The second-order valence-electron chi connectivity index (χ2n) is 11.0. The average molecular weight is 317 g/mol. The van der Waals surface area contributed by atoms with Crippen molar-refractivity contribution in [1.29, 1.82) is 0 Å². The van der Waals surface area contributed by atoms with Crippen molar-refractivity contribution in [3.8, 4) is 0 Å². The Kier molecular flexibility index (Phi) is 4.30. The summed E-state index contributed by atoms with van der Waals surface area (Å²) in [7, 11) is 0. The van der Waals surface area contributed by atoms with Gasteiger partial charge < -0.3 is 0 Å². The van der Waals surface area contributed by atoms with Crippen LogP contribution >= 0.6 is 0 Å². The summed E-state index contributed by atoms with van der Waals surface area (Å²) >= 11 is 0. The van der Waals surface area contributed by atoms with Crippen LogP contribution in [-0.4, -0.2) is 0 Å². The van der Waals surface area contributed by atoms with Crippen LogP contribution in [0.25, 0.3) is 0 Å². The van der Waals surface area contributed by atoms with Gasteiger partial charge in [-0.05, 0) is 84.9 Å². The minimum Gasteiger partial charge on any atom is -0.0845 e. The number of hydrogen-bond donors (Lipinski definition) is 0. The molecule has 2 fully saturated rings. The smallest absolute Gasteiger partial charge is 0.0113 e. The van der Waals surface area contributed by atoms with Crippen LogP contribution in [0.4, 0.5) is 0 Å². The summed E-state index contributed by atoms with van der Waals surface area (Å²) in [5.74, 6) is 3.64. The molecule has 0 spiro atoms. The molecule has 3 aliphatic rings. The van der Waals surface area contributed by atoms with Gasteiger partial charge in [-0.15, -0.1) is 0 Å². The molecule has 0 aromatic carbocycles. The largest absolute Gasteiger partial charge is 0.0845 e. The van der Waals surface area contributed by atoms with Gasteiger partial charge in [-0.3, -0.25) is 0 Å². The Hall–Kier alpha value is -0.260. The van der Waals surface area contributed by atoms with E-state index in [9.17, 15) is 0 Å². The van der Waals surface area contributed by atoms with Crippen molar-refractivity contribution in [3.05, 3.63) is 11.6 Å². The summed E-state index contributed by atoms with van der Waals surface area (Å²) in [5, 5.41) is 0. The first-order chi connectivity index (χ1) is 10.6. The van der Waals surface area contributed by atoms with Crippen molar-refractivity contribution in [1.82, 2.24) is 0 Å². The van der Waals surface area contributed by atoms with Crippen LogP contribution in [0.3, 0.4) is 0 Å². The Balaban J connectivity index is 1.88. The summed E-state index contributed by atoms with van der Waals surface area (Å²) in [5.41, 5.74) is 3.27. The first kappa shape index (κ1) is 17.6. The molecule has 3 aliphatic carbocycles. The number of rotatable bonds is 0. The Morgan fingerprint density at radius 3 is 2.39 bits per heavy atom. The maximum absolute atomic E-state index is 2.71. The van der Waals surface area contributed by atoms with E-state index >= 15 is 0 Å². The van der Waals surface area contributed by atoms with E-state index in [2.05, 4.69) is 54.5 Å². The third-order valence-corrected chi connectivity index (χ3v) is 8.88. The van der Waals surface area contributed by atoms with Crippen LogP contribution in [0.1, 0.15) is 93.4 Å².